The molecule has 0 bridgehead atoms. The van der Waals surface area contributed by atoms with Gasteiger partial charge in [-0.15, -0.1) is 0 Å². The first-order valence-electron chi connectivity index (χ1n) is 13.0. The first-order chi connectivity index (χ1) is 18.2. The van der Waals surface area contributed by atoms with Crippen molar-refractivity contribution in [1.82, 2.24) is 16.0 Å². The van der Waals surface area contributed by atoms with Gasteiger partial charge in [0.15, 0.2) is 0 Å². The molecule has 1 aliphatic rings. The molecule has 1 heterocycles. The number of carbonyl (C=O) groups is 4. The molecule has 8 nitrogen and oxygen atoms in total. The van der Waals surface area contributed by atoms with E-state index in [1.807, 2.05) is 70.2 Å². The molecule has 0 unspecified atom stereocenters. The lowest BCUT2D eigenvalue weighted by Gasteiger charge is -2.32. The van der Waals surface area contributed by atoms with Crippen LogP contribution in [-0.2, 0) is 25.5 Å². The number of rotatable bonds is 10. The zero-order valence-corrected chi connectivity index (χ0v) is 22.6. The molecular formula is C30H37N3O5. The van der Waals surface area contributed by atoms with Crippen LogP contribution in [0, 0.1) is 11.8 Å². The normalized spacial score (nSPS) is 18.1. The number of methoxy groups -OCH3 is 1. The van der Waals surface area contributed by atoms with Gasteiger partial charge in [-0.1, -0.05) is 82.6 Å². The van der Waals surface area contributed by atoms with E-state index in [1.165, 1.54) is 13.2 Å². The number of fused-ring (bicyclic) bond motifs is 1. The van der Waals surface area contributed by atoms with Crippen LogP contribution in [0.2, 0.25) is 0 Å². The Labute approximate surface area is 224 Å². The molecule has 0 aliphatic carbocycles. The fourth-order valence-corrected chi connectivity index (χ4v) is 4.57. The zero-order valence-electron chi connectivity index (χ0n) is 22.6. The van der Waals surface area contributed by atoms with E-state index in [0.29, 0.717) is 16.7 Å². The zero-order chi connectivity index (χ0) is 27.8. The smallest absolute Gasteiger partial charge is 0.328 e. The topological polar surface area (TPSA) is 114 Å². The van der Waals surface area contributed by atoms with Crippen molar-refractivity contribution in [3.05, 3.63) is 77.4 Å². The Morgan fingerprint density at radius 2 is 1.61 bits per heavy atom. The third-order valence-electron chi connectivity index (χ3n) is 6.94. The summed E-state index contributed by atoms with van der Waals surface area (Å²) in [5.41, 5.74) is 2.78. The summed E-state index contributed by atoms with van der Waals surface area (Å²) in [7, 11) is 1.27. The third kappa shape index (κ3) is 6.88. The predicted octanol–water partition coefficient (Wildman–Crippen LogP) is 3.27. The van der Waals surface area contributed by atoms with Crippen molar-refractivity contribution in [2.45, 2.75) is 58.7 Å². The van der Waals surface area contributed by atoms with Crippen LogP contribution in [-0.4, -0.2) is 48.9 Å². The number of amides is 3. The minimum absolute atomic E-state index is 0.0920. The average Bonchev–Trinajstić information content (AvgIpc) is 2.92. The van der Waals surface area contributed by atoms with Crippen LogP contribution >= 0.6 is 0 Å². The van der Waals surface area contributed by atoms with Gasteiger partial charge in [-0.2, -0.15) is 0 Å². The number of ether oxygens (including phenoxy) is 1. The van der Waals surface area contributed by atoms with Crippen LogP contribution < -0.4 is 16.0 Å². The Morgan fingerprint density at radius 1 is 0.974 bits per heavy atom. The molecular weight excluding hydrogens is 482 g/mol. The number of hydrogen-bond acceptors (Lipinski definition) is 5. The van der Waals surface area contributed by atoms with Gasteiger partial charge in [0.2, 0.25) is 11.8 Å². The van der Waals surface area contributed by atoms with E-state index in [4.69, 9.17) is 4.74 Å². The highest BCUT2D eigenvalue weighted by molar-refractivity contribution is 6.07. The van der Waals surface area contributed by atoms with Crippen molar-refractivity contribution in [2.75, 3.05) is 7.11 Å². The minimum Gasteiger partial charge on any atom is -0.467 e. The summed E-state index contributed by atoms with van der Waals surface area (Å²) in [4.78, 5) is 51.7. The average molecular weight is 520 g/mol. The van der Waals surface area contributed by atoms with E-state index >= 15 is 0 Å². The number of carbonyl (C=O) groups excluding carboxylic acids is 4. The second-order valence-electron chi connectivity index (χ2n) is 9.99. The quantitative estimate of drug-likeness (QED) is 0.329. The number of benzene rings is 2. The molecule has 1 aliphatic heterocycles. The maximum Gasteiger partial charge on any atom is 0.328 e. The van der Waals surface area contributed by atoms with Crippen molar-refractivity contribution < 1.29 is 23.9 Å². The largest absolute Gasteiger partial charge is 0.467 e. The number of esters is 1. The summed E-state index contributed by atoms with van der Waals surface area (Å²) < 4.78 is 4.91. The van der Waals surface area contributed by atoms with Crippen molar-refractivity contribution in [2.24, 2.45) is 11.8 Å². The lowest BCUT2D eigenvalue weighted by molar-refractivity contribution is -0.145. The van der Waals surface area contributed by atoms with Crippen LogP contribution in [0.25, 0.3) is 5.57 Å². The number of hydrogen-bond donors (Lipinski definition) is 3. The molecule has 3 amide bonds. The SMILES string of the molecule is CC[C@H](C)[C@@H]1NC(=O)c2ccccc2/C1=C/C(=O)N[C@H](C(=O)N[C@@H](Cc1ccccc1)C(=O)OC)C(C)C. The molecule has 3 rings (SSSR count). The Hall–Kier alpha value is -3.94. The van der Waals surface area contributed by atoms with Crippen LogP contribution in [0.3, 0.4) is 0 Å². The molecule has 2 aromatic carbocycles. The molecule has 0 spiro atoms. The van der Waals surface area contributed by atoms with E-state index in [9.17, 15) is 19.2 Å². The molecule has 3 N–H and O–H groups in total. The first kappa shape index (κ1) is 28.6. The van der Waals surface area contributed by atoms with E-state index < -0.39 is 29.9 Å². The lowest BCUT2D eigenvalue weighted by Crippen LogP contribution is -2.54. The van der Waals surface area contributed by atoms with Gasteiger partial charge in [0.25, 0.3) is 5.91 Å². The summed E-state index contributed by atoms with van der Waals surface area (Å²) >= 11 is 0. The van der Waals surface area contributed by atoms with Gasteiger partial charge in [-0.25, -0.2) is 4.79 Å². The molecule has 0 saturated carbocycles. The summed E-state index contributed by atoms with van der Waals surface area (Å²) in [6, 6.07) is 14.4. The van der Waals surface area contributed by atoms with Gasteiger partial charge in [0.05, 0.1) is 13.2 Å². The third-order valence-corrected chi connectivity index (χ3v) is 6.94. The van der Waals surface area contributed by atoms with Gasteiger partial charge in [0, 0.05) is 18.1 Å². The summed E-state index contributed by atoms with van der Waals surface area (Å²) in [6.07, 6.45) is 2.54. The Kier molecular flexibility index (Phi) is 9.82. The van der Waals surface area contributed by atoms with Crippen molar-refractivity contribution in [3.63, 3.8) is 0 Å². The van der Waals surface area contributed by atoms with Crippen molar-refractivity contribution >= 4 is 29.3 Å². The molecule has 2 aromatic rings. The summed E-state index contributed by atoms with van der Waals surface area (Å²) in [5, 5.41) is 8.60. The molecule has 4 atom stereocenters. The molecule has 0 saturated heterocycles. The minimum atomic E-state index is -0.901. The molecule has 0 fully saturated rings. The van der Waals surface area contributed by atoms with E-state index in [1.54, 1.807) is 12.1 Å². The monoisotopic (exact) mass is 519 g/mol. The lowest BCUT2D eigenvalue weighted by atomic mass is 9.82. The molecule has 38 heavy (non-hydrogen) atoms. The van der Waals surface area contributed by atoms with Gasteiger partial charge in [-0.3, -0.25) is 14.4 Å². The molecule has 0 radical (unpaired) electrons. The molecule has 0 aromatic heterocycles. The molecule has 8 heteroatoms. The first-order valence-corrected chi connectivity index (χ1v) is 13.0. The highest BCUT2D eigenvalue weighted by atomic mass is 16.5. The summed E-state index contributed by atoms with van der Waals surface area (Å²) in [6.45, 7) is 7.69. The van der Waals surface area contributed by atoms with Gasteiger partial charge in [0.1, 0.15) is 12.1 Å². The highest BCUT2D eigenvalue weighted by Gasteiger charge is 2.33. The Bertz CT molecular complexity index is 1190. The second-order valence-corrected chi connectivity index (χ2v) is 9.99. The molecule has 202 valence electrons. The van der Waals surface area contributed by atoms with Gasteiger partial charge >= 0.3 is 5.97 Å². The standard InChI is InChI=1S/C30H37N3O5/c1-6-19(4)27-23(21-14-10-11-15-22(21)28(35)33-27)17-25(34)32-26(18(2)3)29(36)31-24(30(37)38-5)16-20-12-8-7-9-13-20/h7-15,17-19,24,26-27H,6,16H2,1-5H3,(H,31,36)(H,32,34)(H,33,35)/b23-17-/t19-,24-,26-,27-/m0/s1. The van der Waals surface area contributed by atoms with E-state index in [-0.39, 0.29) is 30.2 Å². The fourth-order valence-electron chi connectivity index (χ4n) is 4.57. The maximum atomic E-state index is 13.3. The van der Waals surface area contributed by atoms with Crippen LogP contribution in [0.5, 0.6) is 0 Å². The van der Waals surface area contributed by atoms with Crippen LogP contribution in [0.15, 0.2) is 60.7 Å². The van der Waals surface area contributed by atoms with Crippen LogP contribution in [0.1, 0.15) is 55.6 Å². The Balaban J connectivity index is 1.84. The summed E-state index contributed by atoms with van der Waals surface area (Å²) in [5.74, 6) is -1.83. The second kappa shape index (κ2) is 13.0. The fraction of sp³-hybridized carbons (Fsp3) is 0.400. The highest BCUT2D eigenvalue weighted by Crippen LogP contribution is 2.31. The predicted molar refractivity (Wildman–Crippen MR) is 146 cm³/mol. The van der Waals surface area contributed by atoms with Gasteiger partial charge in [-0.05, 0) is 34.6 Å². The van der Waals surface area contributed by atoms with Crippen molar-refractivity contribution in [1.29, 1.82) is 0 Å². The van der Waals surface area contributed by atoms with Gasteiger partial charge < -0.3 is 20.7 Å². The van der Waals surface area contributed by atoms with E-state index in [2.05, 4.69) is 16.0 Å². The van der Waals surface area contributed by atoms with Crippen molar-refractivity contribution in [3.8, 4) is 0 Å². The number of nitrogens with one attached hydrogen (secondary N) is 3. The maximum absolute atomic E-state index is 13.3. The van der Waals surface area contributed by atoms with Crippen LogP contribution in [0.4, 0.5) is 0 Å². The van der Waals surface area contributed by atoms with E-state index in [0.717, 1.165) is 12.0 Å². The Morgan fingerprint density at radius 3 is 2.21 bits per heavy atom.